The molecular weight excluding hydrogens is 230 g/mol. The van der Waals surface area contributed by atoms with E-state index in [0.717, 1.165) is 0 Å². The number of carbonyl (C=O) groups excluding carboxylic acids is 1. The summed E-state index contributed by atoms with van der Waals surface area (Å²) in [5.74, 6) is -2.11. The van der Waals surface area contributed by atoms with Crippen LogP contribution in [-0.2, 0) is 9.59 Å². The molecule has 1 fully saturated rings. The largest absolute Gasteiger partial charge is 0.477 e. The van der Waals surface area contributed by atoms with Crippen LogP contribution in [0.4, 0.5) is 0 Å². The van der Waals surface area contributed by atoms with Crippen LogP contribution in [0.15, 0.2) is 10.6 Å². The Bertz CT molecular complexity index is 404. The number of hydrogen-bond acceptors (Lipinski definition) is 4. The van der Waals surface area contributed by atoms with E-state index in [2.05, 4.69) is 12.6 Å². The van der Waals surface area contributed by atoms with E-state index in [-0.39, 0.29) is 23.6 Å². The summed E-state index contributed by atoms with van der Waals surface area (Å²) in [5.41, 5.74) is -0.0391. The van der Waals surface area contributed by atoms with E-state index in [9.17, 15) is 14.7 Å². The van der Waals surface area contributed by atoms with Crippen molar-refractivity contribution >= 4 is 24.5 Å². The van der Waals surface area contributed by atoms with Crippen LogP contribution in [0.3, 0.4) is 0 Å². The highest BCUT2D eigenvalue weighted by Crippen LogP contribution is 2.47. The van der Waals surface area contributed by atoms with Crippen LogP contribution < -0.4 is 0 Å². The number of rotatable bonds is 2. The molecule has 0 aliphatic carbocycles. The van der Waals surface area contributed by atoms with Gasteiger partial charge in [-0.25, -0.2) is 4.79 Å². The number of carbonyl (C=O) groups is 2. The number of aliphatic hydroxyl groups is 1. The molecule has 0 spiro atoms. The molecule has 0 bridgehead atoms. The highest BCUT2D eigenvalue weighted by Gasteiger charge is 2.59. The number of β-lactam (4-membered cyclic amide) rings is 1. The first-order valence-corrected chi connectivity index (χ1v) is 5.50. The molecule has 0 saturated carbocycles. The number of nitrogens with zero attached hydrogens (tertiary/aromatic N) is 1. The van der Waals surface area contributed by atoms with E-state index >= 15 is 0 Å². The summed E-state index contributed by atoms with van der Waals surface area (Å²) in [6, 6.07) is -0.258. The molecule has 88 valence electrons. The normalized spacial score (nSPS) is 34.9. The Kier molecular flexibility index (Phi) is 2.51. The third kappa shape index (κ3) is 1.23. The summed E-state index contributed by atoms with van der Waals surface area (Å²) >= 11 is 4.15. The van der Waals surface area contributed by atoms with Gasteiger partial charge in [0.2, 0.25) is 5.91 Å². The van der Waals surface area contributed by atoms with E-state index in [1.54, 1.807) is 6.92 Å². The molecular formula is C10H13NO4S. The highest BCUT2D eigenvalue weighted by molar-refractivity contribution is 7.84. The average molecular weight is 243 g/mol. The van der Waals surface area contributed by atoms with E-state index < -0.39 is 18.0 Å². The molecule has 16 heavy (non-hydrogen) atoms. The lowest BCUT2D eigenvalue weighted by Crippen LogP contribution is -2.63. The predicted molar refractivity (Wildman–Crippen MR) is 58.6 cm³/mol. The minimum Gasteiger partial charge on any atom is -0.477 e. The van der Waals surface area contributed by atoms with Crippen molar-refractivity contribution in [1.29, 1.82) is 0 Å². The zero-order valence-corrected chi connectivity index (χ0v) is 9.81. The number of carboxylic acids is 1. The van der Waals surface area contributed by atoms with Crippen molar-refractivity contribution in [2.75, 3.05) is 0 Å². The summed E-state index contributed by atoms with van der Waals surface area (Å²) in [7, 11) is 0. The van der Waals surface area contributed by atoms with E-state index in [1.165, 1.54) is 4.90 Å². The first kappa shape index (κ1) is 11.5. The zero-order valence-electron chi connectivity index (χ0n) is 8.91. The minimum atomic E-state index is -1.14. The molecule has 1 saturated heterocycles. The summed E-state index contributed by atoms with van der Waals surface area (Å²) < 4.78 is 0. The maximum atomic E-state index is 11.7. The Morgan fingerprint density at radius 2 is 2.12 bits per heavy atom. The second-order valence-electron chi connectivity index (χ2n) is 4.29. The van der Waals surface area contributed by atoms with Crippen LogP contribution in [0, 0.1) is 11.8 Å². The fourth-order valence-corrected chi connectivity index (χ4v) is 2.89. The van der Waals surface area contributed by atoms with Gasteiger partial charge in [-0.05, 0) is 6.92 Å². The van der Waals surface area contributed by atoms with Gasteiger partial charge in [0.25, 0.3) is 0 Å². The molecule has 2 aliphatic rings. The number of aliphatic hydroxyl groups excluding tert-OH is 1. The number of thiol groups is 1. The van der Waals surface area contributed by atoms with Gasteiger partial charge >= 0.3 is 5.97 Å². The Labute approximate surface area is 98.1 Å². The summed E-state index contributed by atoms with van der Waals surface area (Å²) in [4.78, 5) is 24.4. The number of amides is 1. The monoisotopic (exact) mass is 243 g/mol. The van der Waals surface area contributed by atoms with E-state index in [0.29, 0.717) is 4.91 Å². The summed E-state index contributed by atoms with van der Waals surface area (Å²) in [6.45, 7) is 3.36. The molecule has 0 aromatic heterocycles. The van der Waals surface area contributed by atoms with Crippen molar-refractivity contribution in [2.45, 2.75) is 26.0 Å². The van der Waals surface area contributed by atoms with Crippen molar-refractivity contribution in [2.24, 2.45) is 11.8 Å². The predicted octanol–water partition coefficient (Wildman–Crippen LogP) is 0.0699. The second kappa shape index (κ2) is 3.49. The van der Waals surface area contributed by atoms with Gasteiger partial charge < -0.3 is 15.1 Å². The van der Waals surface area contributed by atoms with Crippen molar-refractivity contribution < 1.29 is 19.8 Å². The molecule has 0 aromatic carbocycles. The average Bonchev–Trinajstić information content (AvgIpc) is 2.38. The Morgan fingerprint density at radius 3 is 2.56 bits per heavy atom. The SMILES string of the molecule is C[C@@H](O)[C@@H]1C(=O)N2C(C(=O)O)=C(S)[C@H](C)[C@@H]12. The van der Waals surface area contributed by atoms with Crippen molar-refractivity contribution in [1.82, 2.24) is 4.90 Å². The highest BCUT2D eigenvalue weighted by atomic mass is 32.1. The third-order valence-corrected chi connectivity index (χ3v) is 3.96. The summed E-state index contributed by atoms with van der Waals surface area (Å²) in [5, 5.41) is 18.5. The fraction of sp³-hybridized carbons (Fsp3) is 0.600. The van der Waals surface area contributed by atoms with Crippen LogP contribution in [0.25, 0.3) is 0 Å². The molecule has 2 N–H and O–H groups in total. The summed E-state index contributed by atoms with van der Waals surface area (Å²) in [6.07, 6.45) is -0.759. The van der Waals surface area contributed by atoms with Gasteiger partial charge in [0.1, 0.15) is 5.70 Å². The number of fused-ring (bicyclic) bond motifs is 1. The van der Waals surface area contributed by atoms with Gasteiger partial charge in [-0.2, -0.15) is 0 Å². The molecule has 5 nitrogen and oxygen atoms in total. The molecule has 0 unspecified atom stereocenters. The van der Waals surface area contributed by atoms with Crippen LogP contribution in [0.2, 0.25) is 0 Å². The Morgan fingerprint density at radius 1 is 1.56 bits per heavy atom. The van der Waals surface area contributed by atoms with Gasteiger partial charge in [0.15, 0.2) is 0 Å². The van der Waals surface area contributed by atoms with Crippen molar-refractivity contribution in [3.63, 3.8) is 0 Å². The molecule has 1 amide bonds. The fourth-order valence-electron chi connectivity index (χ4n) is 2.53. The Hall–Kier alpha value is -1.01. The van der Waals surface area contributed by atoms with Crippen molar-refractivity contribution in [3.05, 3.63) is 10.6 Å². The lowest BCUT2D eigenvalue weighted by molar-refractivity contribution is -0.163. The maximum absolute atomic E-state index is 11.7. The molecule has 4 atom stereocenters. The van der Waals surface area contributed by atoms with Gasteiger partial charge in [-0.3, -0.25) is 4.79 Å². The van der Waals surface area contributed by atoms with Crippen molar-refractivity contribution in [3.8, 4) is 0 Å². The molecule has 0 aromatic rings. The molecule has 2 aliphatic heterocycles. The molecule has 0 radical (unpaired) electrons. The van der Waals surface area contributed by atoms with Gasteiger partial charge in [0.05, 0.1) is 18.1 Å². The Balaban J connectivity index is 2.36. The zero-order chi connectivity index (χ0) is 12.2. The quantitative estimate of drug-likeness (QED) is 0.474. The standard InChI is InChI=1S/C10H13NO4S/c1-3-6-5(4(2)12)9(13)11(6)7(8(3)16)10(14)15/h3-6,12,16H,1-2H3,(H,14,15)/t3-,4-,5+,6+/m1/s1. The van der Waals surface area contributed by atoms with Gasteiger partial charge in [0, 0.05) is 10.8 Å². The maximum Gasteiger partial charge on any atom is 0.353 e. The van der Waals surface area contributed by atoms with Crippen LogP contribution in [0.1, 0.15) is 13.8 Å². The van der Waals surface area contributed by atoms with Gasteiger partial charge in [-0.15, -0.1) is 12.6 Å². The molecule has 2 heterocycles. The number of aliphatic carboxylic acids is 1. The first-order valence-electron chi connectivity index (χ1n) is 5.05. The minimum absolute atomic E-state index is 0.0391. The van der Waals surface area contributed by atoms with Gasteiger partial charge in [-0.1, -0.05) is 6.92 Å². The van der Waals surface area contributed by atoms with Crippen LogP contribution in [0.5, 0.6) is 0 Å². The van der Waals surface area contributed by atoms with E-state index in [1.807, 2.05) is 6.92 Å². The number of hydrogen-bond donors (Lipinski definition) is 3. The smallest absolute Gasteiger partial charge is 0.353 e. The lowest BCUT2D eigenvalue weighted by atomic mass is 9.79. The first-order chi connectivity index (χ1) is 7.37. The number of carboxylic acid groups (broad SMARTS) is 1. The third-order valence-electron chi connectivity index (χ3n) is 3.34. The van der Waals surface area contributed by atoms with Crippen LogP contribution in [-0.4, -0.2) is 39.1 Å². The van der Waals surface area contributed by atoms with E-state index in [4.69, 9.17) is 5.11 Å². The topological polar surface area (TPSA) is 77.8 Å². The molecule has 6 heteroatoms. The second-order valence-corrected chi connectivity index (χ2v) is 4.77. The lowest BCUT2D eigenvalue weighted by Gasteiger charge is -2.46. The molecule has 2 rings (SSSR count). The van der Waals surface area contributed by atoms with Crippen LogP contribution >= 0.6 is 12.6 Å².